The van der Waals surface area contributed by atoms with Crippen molar-refractivity contribution in [2.24, 2.45) is 5.92 Å². The molecule has 1 aromatic carbocycles. The standard InChI is InChI=1S/C17H18F3N3O3/c1-26-15(16(24)25)12-9-22(10-12)7-11-6-21-23(8-11)14-4-2-13(3-5-14)17(18,19)20/h2-6,8,12,15H,7,9-10H2,1H3,(H,24,25). The van der Waals surface area contributed by atoms with Crippen molar-refractivity contribution in [3.63, 3.8) is 0 Å². The molecule has 1 aliphatic rings. The Morgan fingerprint density at radius 2 is 2.00 bits per heavy atom. The van der Waals surface area contributed by atoms with Gasteiger partial charge in [-0.05, 0) is 24.3 Å². The van der Waals surface area contributed by atoms with E-state index < -0.39 is 23.8 Å². The van der Waals surface area contributed by atoms with Gasteiger partial charge in [0.05, 0.1) is 17.4 Å². The first-order valence-corrected chi connectivity index (χ1v) is 7.97. The molecule has 1 aromatic heterocycles. The van der Waals surface area contributed by atoms with Gasteiger partial charge in [0, 0.05) is 44.4 Å². The number of halogens is 3. The lowest BCUT2D eigenvalue weighted by Gasteiger charge is -2.41. The van der Waals surface area contributed by atoms with Crippen LogP contribution in [0.25, 0.3) is 5.69 Å². The van der Waals surface area contributed by atoms with E-state index in [0.29, 0.717) is 25.3 Å². The van der Waals surface area contributed by atoms with Gasteiger partial charge in [-0.25, -0.2) is 9.48 Å². The van der Waals surface area contributed by atoms with E-state index in [1.807, 2.05) is 0 Å². The minimum atomic E-state index is -4.36. The summed E-state index contributed by atoms with van der Waals surface area (Å²) >= 11 is 0. The van der Waals surface area contributed by atoms with Crippen LogP contribution in [0.4, 0.5) is 13.2 Å². The van der Waals surface area contributed by atoms with E-state index in [0.717, 1.165) is 17.7 Å². The van der Waals surface area contributed by atoms with E-state index in [4.69, 9.17) is 9.84 Å². The Kier molecular flexibility index (Phi) is 5.01. The number of rotatable bonds is 6. The molecule has 1 saturated heterocycles. The zero-order chi connectivity index (χ0) is 18.9. The molecule has 0 radical (unpaired) electrons. The van der Waals surface area contributed by atoms with Crippen LogP contribution < -0.4 is 0 Å². The average Bonchev–Trinajstić information content (AvgIpc) is 3.00. The Hall–Kier alpha value is -2.39. The molecule has 6 nitrogen and oxygen atoms in total. The molecule has 1 atom stereocenters. The number of likely N-dealkylation sites (tertiary alicyclic amines) is 1. The maximum absolute atomic E-state index is 12.6. The van der Waals surface area contributed by atoms with E-state index in [2.05, 4.69) is 10.00 Å². The fraction of sp³-hybridized carbons (Fsp3) is 0.412. The molecule has 1 aliphatic heterocycles. The highest BCUT2D eigenvalue weighted by Gasteiger charge is 2.37. The molecule has 0 saturated carbocycles. The van der Waals surface area contributed by atoms with Gasteiger partial charge in [-0.15, -0.1) is 0 Å². The SMILES string of the molecule is COC(C(=O)O)C1CN(Cc2cnn(-c3ccc(C(F)(F)F)cc3)c2)C1. The molecule has 0 spiro atoms. The van der Waals surface area contributed by atoms with E-state index >= 15 is 0 Å². The van der Waals surface area contributed by atoms with Gasteiger partial charge in [-0.3, -0.25) is 4.90 Å². The van der Waals surface area contributed by atoms with Crippen molar-refractivity contribution in [1.82, 2.24) is 14.7 Å². The zero-order valence-electron chi connectivity index (χ0n) is 14.0. The van der Waals surface area contributed by atoms with Crippen molar-refractivity contribution in [2.45, 2.75) is 18.8 Å². The predicted octanol–water partition coefficient (Wildman–Crippen LogP) is 2.42. The Balaban J connectivity index is 1.59. The van der Waals surface area contributed by atoms with Crippen LogP contribution in [0, 0.1) is 5.92 Å². The topological polar surface area (TPSA) is 67.6 Å². The second kappa shape index (κ2) is 7.08. The summed E-state index contributed by atoms with van der Waals surface area (Å²) in [6.07, 6.45) is -1.77. The van der Waals surface area contributed by atoms with Gasteiger partial charge in [0.15, 0.2) is 6.10 Å². The van der Waals surface area contributed by atoms with Gasteiger partial charge in [-0.1, -0.05) is 0 Å². The van der Waals surface area contributed by atoms with Crippen molar-refractivity contribution in [3.05, 3.63) is 47.8 Å². The van der Waals surface area contributed by atoms with Crippen LogP contribution in [0.3, 0.4) is 0 Å². The highest BCUT2D eigenvalue weighted by molar-refractivity contribution is 5.73. The second-order valence-electron chi connectivity index (χ2n) is 6.29. The molecule has 1 fully saturated rings. The number of methoxy groups -OCH3 is 1. The highest BCUT2D eigenvalue weighted by atomic mass is 19.4. The predicted molar refractivity (Wildman–Crippen MR) is 85.8 cm³/mol. The largest absolute Gasteiger partial charge is 0.479 e. The van der Waals surface area contributed by atoms with Crippen LogP contribution >= 0.6 is 0 Å². The zero-order valence-corrected chi connectivity index (χ0v) is 14.0. The summed E-state index contributed by atoms with van der Waals surface area (Å²) in [4.78, 5) is 13.1. The third kappa shape index (κ3) is 3.88. The molecule has 1 N–H and O–H groups in total. The van der Waals surface area contributed by atoms with E-state index in [9.17, 15) is 18.0 Å². The lowest BCUT2D eigenvalue weighted by atomic mass is 9.93. The fourth-order valence-electron chi connectivity index (χ4n) is 3.07. The normalized spacial score (nSPS) is 17.1. The summed E-state index contributed by atoms with van der Waals surface area (Å²) < 4.78 is 44.3. The number of alkyl halides is 3. The number of carbonyl (C=O) groups is 1. The number of aromatic nitrogens is 2. The van der Waals surface area contributed by atoms with Crippen LogP contribution in [0.15, 0.2) is 36.7 Å². The number of carboxylic acid groups (broad SMARTS) is 1. The third-order valence-corrected chi connectivity index (χ3v) is 4.41. The molecule has 9 heteroatoms. The first-order chi connectivity index (χ1) is 12.3. The average molecular weight is 369 g/mol. The van der Waals surface area contributed by atoms with Gasteiger partial charge in [0.1, 0.15) is 0 Å². The summed E-state index contributed by atoms with van der Waals surface area (Å²) in [5.74, 6) is -1.02. The first kappa shape index (κ1) is 18.4. The summed E-state index contributed by atoms with van der Waals surface area (Å²) in [5.41, 5.74) is 0.732. The van der Waals surface area contributed by atoms with Gasteiger partial charge in [0.25, 0.3) is 0 Å². The number of aliphatic carboxylic acids is 1. The Morgan fingerprint density at radius 3 is 2.54 bits per heavy atom. The van der Waals surface area contributed by atoms with Crippen molar-refractivity contribution < 1.29 is 27.8 Å². The van der Waals surface area contributed by atoms with Crippen LogP contribution in [0.5, 0.6) is 0 Å². The Bertz CT molecular complexity index is 768. The monoisotopic (exact) mass is 369 g/mol. The third-order valence-electron chi connectivity index (χ3n) is 4.41. The second-order valence-corrected chi connectivity index (χ2v) is 6.29. The molecule has 2 heterocycles. The van der Waals surface area contributed by atoms with Crippen LogP contribution in [-0.4, -0.2) is 52.1 Å². The van der Waals surface area contributed by atoms with Crippen LogP contribution in [0.1, 0.15) is 11.1 Å². The van der Waals surface area contributed by atoms with Crippen molar-refractivity contribution in [2.75, 3.05) is 20.2 Å². The highest BCUT2D eigenvalue weighted by Crippen LogP contribution is 2.29. The number of benzene rings is 1. The summed E-state index contributed by atoms with van der Waals surface area (Å²) in [6.45, 7) is 1.81. The van der Waals surface area contributed by atoms with Gasteiger partial charge in [-0.2, -0.15) is 18.3 Å². The molecule has 2 aromatic rings. The van der Waals surface area contributed by atoms with Crippen LogP contribution in [-0.2, 0) is 22.3 Å². The summed E-state index contributed by atoms with van der Waals surface area (Å²) in [7, 11) is 1.38. The van der Waals surface area contributed by atoms with Gasteiger partial charge >= 0.3 is 12.1 Å². The lowest BCUT2D eigenvalue weighted by molar-refractivity contribution is -0.156. The minimum Gasteiger partial charge on any atom is -0.479 e. The Morgan fingerprint density at radius 1 is 1.35 bits per heavy atom. The van der Waals surface area contributed by atoms with Gasteiger partial charge < -0.3 is 9.84 Å². The minimum absolute atomic E-state index is 0.0533. The molecule has 26 heavy (non-hydrogen) atoms. The maximum atomic E-state index is 12.6. The van der Waals surface area contributed by atoms with E-state index in [1.54, 1.807) is 12.4 Å². The molecule has 140 valence electrons. The fourth-order valence-corrected chi connectivity index (χ4v) is 3.07. The van der Waals surface area contributed by atoms with Crippen molar-refractivity contribution in [3.8, 4) is 5.69 Å². The number of carboxylic acids is 1. The Labute approximate surface area is 147 Å². The quantitative estimate of drug-likeness (QED) is 0.847. The molecule has 3 rings (SSSR count). The van der Waals surface area contributed by atoms with E-state index in [-0.39, 0.29) is 5.92 Å². The number of hydrogen-bond acceptors (Lipinski definition) is 4. The molecular weight excluding hydrogens is 351 g/mol. The molecule has 0 amide bonds. The van der Waals surface area contributed by atoms with Gasteiger partial charge in [0.2, 0.25) is 0 Å². The van der Waals surface area contributed by atoms with Crippen molar-refractivity contribution in [1.29, 1.82) is 0 Å². The molecule has 0 aliphatic carbocycles. The van der Waals surface area contributed by atoms with E-state index in [1.165, 1.54) is 23.9 Å². The maximum Gasteiger partial charge on any atom is 0.416 e. The number of hydrogen-bond donors (Lipinski definition) is 1. The molecule has 0 bridgehead atoms. The summed E-state index contributed by atoms with van der Waals surface area (Å²) in [6, 6.07) is 4.78. The van der Waals surface area contributed by atoms with Crippen LogP contribution in [0.2, 0.25) is 0 Å². The smallest absolute Gasteiger partial charge is 0.416 e. The van der Waals surface area contributed by atoms with Crippen molar-refractivity contribution >= 4 is 5.97 Å². The number of ether oxygens (including phenoxy) is 1. The number of nitrogens with zero attached hydrogens (tertiary/aromatic N) is 3. The molecular formula is C17H18F3N3O3. The summed E-state index contributed by atoms with van der Waals surface area (Å²) in [5, 5.41) is 13.2. The lowest BCUT2D eigenvalue weighted by Crippen LogP contribution is -2.53. The molecule has 1 unspecified atom stereocenters. The first-order valence-electron chi connectivity index (χ1n) is 7.97.